The Kier molecular flexibility index (Phi) is 4.51. The molecule has 1 nitrogen and oxygen atoms in total. The number of likely N-dealkylation sites (tertiary alicyclic amines) is 1. The molecule has 1 atom stereocenters. The van der Waals surface area contributed by atoms with Crippen LogP contribution in [0.3, 0.4) is 0 Å². The lowest BCUT2D eigenvalue weighted by atomic mass is 10.0. The molecular formula is C13H16BrF2N. The van der Waals surface area contributed by atoms with Crippen LogP contribution in [0.25, 0.3) is 0 Å². The summed E-state index contributed by atoms with van der Waals surface area (Å²) in [7, 11) is 0. The molecule has 4 heteroatoms. The van der Waals surface area contributed by atoms with Crippen molar-refractivity contribution in [2.75, 3.05) is 11.9 Å². The van der Waals surface area contributed by atoms with E-state index in [-0.39, 0.29) is 0 Å². The number of rotatable bonds is 3. The van der Waals surface area contributed by atoms with Crippen molar-refractivity contribution in [3.05, 3.63) is 35.4 Å². The average Bonchev–Trinajstić information content (AvgIpc) is 2.35. The highest BCUT2D eigenvalue weighted by molar-refractivity contribution is 9.09. The van der Waals surface area contributed by atoms with E-state index < -0.39 is 11.6 Å². The summed E-state index contributed by atoms with van der Waals surface area (Å²) in [4.78, 5) is 2.23. The van der Waals surface area contributed by atoms with Crippen molar-refractivity contribution < 1.29 is 8.78 Å². The zero-order chi connectivity index (χ0) is 12.3. The fraction of sp³-hybridized carbons (Fsp3) is 0.538. The Morgan fingerprint density at radius 3 is 2.88 bits per heavy atom. The third-order valence-corrected chi connectivity index (χ3v) is 4.08. The highest BCUT2D eigenvalue weighted by Gasteiger charge is 2.22. The van der Waals surface area contributed by atoms with Gasteiger partial charge in [0.1, 0.15) is 0 Å². The van der Waals surface area contributed by atoms with Gasteiger partial charge in [0.25, 0.3) is 0 Å². The van der Waals surface area contributed by atoms with Crippen LogP contribution in [0.15, 0.2) is 18.2 Å². The Morgan fingerprint density at radius 2 is 2.12 bits per heavy atom. The summed E-state index contributed by atoms with van der Waals surface area (Å²) >= 11 is 3.49. The number of benzene rings is 1. The van der Waals surface area contributed by atoms with Crippen molar-refractivity contribution in [2.45, 2.75) is 31.8 Å². The van der Waals surface area contributed by atoms with Gasteiger partial charge in [-0.05, 0) is 25.5 Å². The van der Waals surface area contributed by atoms with Crippen LogP contribution in [0.5, 0.6) is 0 Å². The van der Waals surface area contributed by atoms with Gasteiger partial charge in [-0.2, -0.15) is 0 Å². The zero-order valence-electron chi connectivity index (χ0n) is 9.63. The van der Waals surface area contributed by atoms with Crippen LogP contribution in [-0.4, -0.2) is 22.8 Å². The lowest BCUT2D eigenvalue weighted by Gasteiger charge is -2.34. The summed E-state index contributed by atoms with van der Waals surface area (Å²) in [6.07, 6.45) is 3.49. The largest absolute Gasteiger partial charge is 0.295 e. The van der Waals surface area contributed by atoms with E-state index in [1.54, 1.807) is 12.1 Å². The first-order valence-corrected chi connectivity index (χ1v) is 7.07. The minimum Gasteiger partial charge on any atom is -0.295 e. The average molecular weight is 304 g/mol. The van der Waals surface area contributed by atoms with Crippen LogP contribution in [-0.2, 0) is 6.54 Å². The molecule has 0 saturated carbocycles. The fourth-order valence-electron chi connectivity index (χ4n) is 2.33. The van der Waals surface area contributed by atoms with E-state index in [2.05, 4.69) is 20.8 Å². The van der Waals surface area contributed by atoms with E-state index >= 15 is 0 Å². The molecule has 1 fully saturated rings. The molecule has 0 aliphatic carbocycles. The van der Waals surface area contributed by atoms with Crippen molar-refractivity contribution in [1.29, 1.82) is 0 Å². The molecule has 0 N–H and O–H groups in total. The van der Waals surface area contributed by atoms with Crippen LogP contribution in [0.4, 0.5) is 8.78 Å². The molecule has 1 aliphatic rings. The lowest BCUT2D eigenvalue weighted by molar-refractivity contribution is 0.154. The van der Waals surface area contributed by atoms with E-state index in [4.69, 9.17) is 0 Å². The van der Waals surface area contributed by atoms with Gasteiger partial charge in [0.15, 0.2) is 11.6 Å². The summed E-state index contributed by atoms with van der Waals surface area (Å²) < 4.78 is 26.7. The topological polar surface area (TPSA) is 3.24 Å². The van der Waals surface area contributed by atoms with Crippen LogP contribution in [0, 0.1) is 11.6 Å². The van der Waals surface area contributed by atoms with Crippen LogP contribution >= 0.6 is 15.9 Å². The smallest absolute Gasteiger partial charge is 0.163 e. The van der Waals surface area contributed by atoms with Gasteiger partial charge < -0.3 is 0 Å². The Balaban J connectivity index is 2.11. The second kappa shape index (κ2) is 5.91. The standard InChI is InChI=1S/C13H16BrF2N/c14-8-11-5-1-2-7-17(11)9-10-4-3-6-12(15)13(10)16/h3-4,6,11H,1-2,5,7-9H2. The van der Waals surface area contributed by atoms with Gasteiger partial charge in [-0.25, -0.2) is 8.78 Å². The predicted molar refractivity (Wildman–Crippen MR) is 68.2 cm³/mol. The number of hydrogen-bond acceptors (Lipinski definition) is 1. The Morgan fingerprint density at radius 1 is 1.29 bits per heavy atom. The molecule has 1 aliphatic heterocycles. The highest BCUT2D eigenvalue weighted by Crippen LogP contribution is 2.22. The quantitative estimate of drug-likeness (QED) is 0.769. The Hall–Kier alpha value is -0.480. The molecule has 1 unspecified atom stereocenters. The molecule has 0 spiro atoms. The monoisotopic (exact) mass is 303 g/mol. The van der Waals surface area contributed by atoms with Gasteiger partial charge in [0.05, 0.1) is 0 Å². The molecule has 0 radical (unpaired) electrons. The van der Waals surface area contributed by atoms with E-state index in [0.29, 0.717) is 18.2 Å². The Labute approximate surface area is 109 Å². The summed E-state index contributed by atoms with van der Waals surface area (Å²) in [5.41, 5.74) is 0.456. The SMILES string of the molecule is Fc1cccc(CN2CCCCC2CBr)c1F. The predicted octanol–water partition coefficient (Wildman–Crippen LogP) is 3.71. The molecule has 2 rings (SSSR count). The van der Waals surface area contributed by atoms with Crippen molar-refractivity contribution in [3.8, 4) is 0 Å². The maximum absolute atomic E-state index is 13.6. The summed E-state index contributed by atoms with van der Waals surface area (Å²) in [6.45, 7) is 1.46. The minimum atomic E-state index is -0.755. The first-order valence-electron chi connectivity index (χ1n) is 5.95. The van der Waals surface area contributed by atoms with Gasteiger partial charge in [0, 0.05) is 23.5 Å². The van der Waals surface area contributed by atoms with E-state index in [1.165, 1.54) is 6.42 Å². The second-order valence-corrected chi connectivity index (χ2v) is 5.13. The van der Waals surface area contributed by atoms with E-state index in [1.807, 2.05) is 0 Å². The van der Waals surface area contributed by atoms with Crippen molar-refractivity contribution in [2.24, 2.45) is 0 Å². The Bertz CT molecular complexity index is 384. The maximum Gasteiger partial charge on any atom is 0.163 e. The molecule has 1 aromatic rings. The summed E-state index contributed by atoms with van der Waals surface area (Å²) in [5, 5.41) is 0.893. The molecule has 1 saturated heterocycles. The molecule has 0 aromatic heterocycles. The van der Waals surface area contributed by atoms with Crippen LogP contribution < -0.4 is 0 Å². The number of piperidine rings is 1. The molecule has 94 valence electrons. The first-order chi connectivity index (χ1) is 8.22. The molecule has 0 amide bonds. The normalized spacial score (nSPS) is 21.7. The number of nitrogens with zero attached hydrogens (tertiary/aromatic N) is 1. The van der Waals surface area contributed by atoms with Gasteiger partial charge in [-0.15, -0.1) is 0 Å². The van der Waals surface area contributed by atoms with E-state index in [0.717, 1.165) is 30.8 Å². The number of alkyl halides is 1. The van der Waals surface area contributed by atoms with Gasteiger partial charge in [-0.3, -0.25) is 4.90 Å². The first kappa shape index (κ1) is 13.0. The maximum atomic E-state index is 13.6. The molecule has 17 heavy (non-hydrogen) atoms. The third-order valence-electron chi connectivity index (χ3n) is 3.33. The lowest BCUT2D eigenvalue weighted by Crippen LogP contribution is -2.40. The molecule has 0 bridgehead atoms. The van der Waals surface area contributed by atoms with Crippen molar-refractivity contribution in [1.82, 2.24) is 4.90 Å². The van der Waals surface area contributed by atoms with E-state index in [9.17, 15) is 8.78 Å². The zero-order valence-corrected chi connectivity index (χ0v) is 11.2. The fourth-order valence-corrected chi connectivity index (χ4v) is 3.07. The number of hydrogen-bond donors (Lipinski definition) is 0. The van der Waals surface area contributed by atoms with Gasteiger partial charge in [-0.1, -0.05) is 34.5 Å². The highest BCUT2D eigenvalue weighted by atomic mass is 79.9. The molecular weight excluding hydrogens is 288 g/mol. The van der Waals surface area contributed by atoms with Crippen LogP contribution in [0.1, 0.15) is 24.8 Å². The van der Waals surface area contributed by atoms with Gasteiger partial charge >= 0.3 is 0 Å². The molecule has 1 aromatic carbocycles. The third kappa shape index (κ3) is 3.05. The van der Waals surface area contributed by atoms with Crippen LogP contribution in [0.2, 0.25) is 0 Å². The minimum absolute atomic E-state index is 0.436. The van der Waals surface area contributed by atoms with Crippen molar-refractivity contribution in [3.63, 3.8) is 0 Å². The number of halogens is 3. The van der Waals surface area contributed by atoms with Crippen molar-refractivity contribution >= 4 is 15.9 Å². The summed E-state index contributed by atoms with van der Waals surface area (Å²) in [6, 6.07) is 4.84. The molecule has 1 heterocycles. The second-order valence-electron chi connectivity index (χ2n) is 4.49. The summed E-state index contributed by atoms with van der Waals surface area (Å²) in [5.74, 6) is -1.46. The van der Waals surface area contributed by atoms with Gasteiger partial charge in [0.2, 0.25) is 0 Å².